The lowest BCUT2D eigenvalue weighted by molar-refractivity contribution is -0.139. The quantitative estimate of drug-likeness (QED) is 0.570. The summed E-state index contributed by atoms with van der Waals surface area (Å²) in [5.41, 5.74) is 2.02. The van der Waals surface area contributed by atoms with Crippen LogP contribution in [0.3, 0.4) is 0 Å². The molecule has 0 unspecified atom stereocenters. The number of sulfonamides is 1. The van der Waals surface area contributed by atoms with E-state index in [4.69, 9.17) is 0 Å². The van der Waals surface area contributed by atoms with Crippen molar-refractivity contribution in [2.75, 3.05) is 17.1 Å². The van der Waals surface area contributed by atoms with E-state index < -0.39 is 34.3 Å². The van der Waals surface area contributed by atoms with Crippen molar-refractivity contribution < 1.29 is 22.4 Å². The van der Waals surface area contributed by atoms with Crippen molar-refractivity contribution >= 4 is 27.5 Å². The number of anilines is 1. The summed E-state index contributed by atoms with van der Waals surface area (Å²) in [5.74, 6) is -1.32. The molecule has 0 aromatic heterocycles. The molecule has 2 aromatic rings. The standard InChI is InChI=1S/C24H32FN3O4S/c1-6-19-9-13-22(14-10-19)28(33(5,31)32)16-23(29)27(18(4)24(30)26-17(2)3)15-20-7-11-21(25)12-8-20/h7-14,17-18H,6,15-16H2,1-5H3,(H,26,30)/t18-/m0/s1. The maximum Gasteiger partial charge on any atom is 0.244 e. The fourth-order valence-electron chi connectivity index (χ4n) is 3.29. The minimum Gasteiger partial charge on any atom is -0.352 e. The molecule has 2 aromatic carbocycles. The van der Waals surface area contributed by atoms with E-state index in [9.17, 15) is 22.4 Å². The highest BCUT2D eigenvalue weighted by molar-refractivity contribution is 7.92. The molecule has 0 radical (unpaired) electrons. The van der Waals surface area contributed by atoms with E-state index in [0.717, 1.165) is 22.5 Å². The second kappa shape index (κ2) is 11.3. The number of aryl methyl sites for hydroxylation is 1. The van der Waals surface area contributed by atoms with Gasteiger partial charge in [0, 0.05) is 12.6 Å². The van der Waals surface area contributed by atoms with Gasteiger partial charge < -0.3 is 10.2 Å². The average molecular weight is 478 g/mol. The molecule has 9 heteroatoms. The van der Waals surface area contributed by atoms with Gasteiger partial charge in [0.05, 0.1) is 11.9 Å². The Hall–Kier alpha value is -2.94. The lowest BCUT2D eigenvalue weighted by Gasteiger charge is -2.32. The van der Waals surface area contributed by atoms with Gasteiger partial charge in [-0.15, -0.1) is 0 Å². The van der Waals surface area contributed by atoms with Gasteiger partial charge in [-0.1, -0.05) is 31.2 Å². The van der Waals surface area contributed by atoms with Crippen molar-refractivity contribution in [2.24, 2.45) is 0 Å². The third-order valence-electron chi connectivity index (χ3n) is 5.18. The Kier molecular flexibility index (Phi) is 8.99. The zero-order valence-corrected chi connectivity index (χ0v) is 20.5. The first kappa shape index (κ1) is 26.3. The second-order valence-electron chi connectivity index (χ2n) is 8.28. The summed E-state index contributed by atoms with van der Waals surface area (Å²) in [5, 5.41) is 2.78. The average Bonchev–Trinajstić information content (AvgIpc) is 2.75. The maximum absolute atomic E-state index is 13.4. The molecular formula is C24H32FN3O4S. The highest BCUT2D eigenvalue weighted by Gasteiger charge is 2.30. The Morgan fingerprint density at radius 2 is 1.52 bits per heavy atom. The molecular weight excluding hydrogens is 445 g/mol. The number of benzene rings is 2. The summed E-state index contributed by atoms with van der Waals surface area (Å²) in [6.07, 6.45) is 1.83. The first-order valence-electron chi connectivity index (χ1n) is 10.8. The third kappa shape index (κ3) is 7.56. The number of carbonyl (C=O) groups excluding carboxylic acids is 2. The molecule has 2 rings (SSSR count). The van der Waals surface area contributed by atoms with E-state index in [-0.39, 0.29) is 18.5 Å². The van der Waals surface area contributed by atoms with E-state index in [0.29, 0.717) is 11.3 Å². The van der Waals surface area contributed by atoms with E-state index in [1.54, 1.807) is 19.1 Å². The van der Waals surface area contributed by atoms with E-state index >= 15 is 0 Å². The van der Waals surface area contributed by atoms with Gasteiger partial charge >= 0.3 is 0 Å². The number of halogens is 1. The van der Waals surface area contributed by atoms with Crippen LogP contribution >= 0.6 is 0 Å². The number of hydrogen-bond donors (Lipinski definition) is 1. The Bertz CT molecular complexity index is 1050. The van der Waals surface area contributed by atoms with Crippen LogP contribution in [0.15, 0.2) is 48.5 Å². The lowest BCUT2D eigenvalue weighted by atomic mass is 10.1. The summed E-state index contributed by atoms with van der Waals surface area (Å²) in [6.45, 7) is 6.75. The number of rotatable bonds is 10. The van der Waals surface area contributed by atoms with Crippen molar-refractivity contribution in [3.05, 3.63) is 65.5 Å². The fraction of sp³-hybridized carbons (Fsp3) is 0.417. The molecule has 0 heterocycles. The number of carbonyl (C=O) groups is 2. The molecule has 0 aliphatic heterocycles. The molecule has 1 N–H and O–H groups in total. The molecule has 1 atom stereocenters. The fourth-order valence-corrected chi connectivity index (χ4v) is 4.14. The molecule has 33 heavy (non-hydrogen) atoms. The minimum atomic E-state index is -3.77. The van der Waals surface area contributed by atoms with Crippen LogP contribution in [0, 0.1) is 5.82 Å². The Morgan fingerprint density at radius 1 is 0.970 bits per heavy atom. The van der Waals surface area contributed by atoms with Crippen molar-refractivity contribution in [3.8, 4) is 0 Å². The molecule has 2 amide bonds. The van der Waals surface area contributed by atoms with Crippen molar-refractivity contribution in [3.63, 3.8) is 0 Å². The number of hydrogen-bond acceptors (Lipinski definition) is 4. The molecule has 180 valence electrons. The van der Waals surface area contributed by atoms with Gasteiger partial charge in [0.2, 0.25) is 21.8 Å². The molecule has 0 spiro atoms. The summed E-state index contributed by atoms with van der Waals surface area (Å²) < 4.78 is 39.4. The van der Waals surface area contributed by atoms with Gasteiger partial charge in [-0.3, -0.25) is 13.9 Å². The SMILES string of the molecule is CCc1ccc(N(CC(=O)N(Cc2ccc(F)cc2)[C@@H](C)C(=O)NC(C)C)S(C)(=O)=O)cc1. The van der Waals surface area contributed by atoms with Crippen LogP contribution in [0.2, 0.25) is 0 Å². The monoisotopic (exact) mass is 477 g/mol. The van der Waals surface area contributed by atoms with E-state index in [1.807, 2.05) is 32.9 Å². The summed E-state index contributed by atoms with van der Waals surface area (Å²) in [4.78, 5) is 27.3. The highest BCUT2D eigenvalue weighted by Crippen LogP contribution is 2.20. The predicted molar refractivity (Wildman–Crippen MR) is 128 cm³/mol. The number of amides is 2. The van der Waals surface area contributed by atoms with E-state index in [2.05, 4.69) is 5.32 Å². The largest absolute Gasteiger partial charge is 0.352 e. The van der Waals surface area contributed by atoms with Crippen LogP contribution in [0.5, 0.6) is 0 Å². The maximum atomic E-state index is 13.4. The first-order valence-corrected chi connectivity index (χ1v) is 12.7. The van der Waals surface area contributed by atoms with Crippen LogP contribution < -0.4 is 9.62 Å². The van der Waals surface area contributed by atoms with Crippen LogP contribution in [-0.4, -0.2) is 50.0 Å². The Morgan fingerprint density at radius 3 is 2.00 bits per heavy atom. The smallest absolute Gasteiger partial charge is 0.244 e. The van der Waals surface area contributed by atoms with Gasteiger partial charge in [0.25, 0.3) is 0 Å². The van der Waals surface area contributed by atoms with Gasteiger partial charge in [-0.25, -0.2) is 12.8 Å². The molecule has 0 saturated carbocycles. The van der Waals surface area contributed by atoms with Crippen molar-refractivity contribution in [1.29, 1.82) is 0 Å². The second-order valence-corrected chi connectivity index (χ2v) is 10.2. The zero-order valence-electron chi connectivity index (χ0n) is 19.7. The first-order chi connectivity index (χ1) is 15.4. The molecule has 0 saturated heterocycles. The van der Waals surface area contributed by atoms with Crippen LogP contribution in [0.25, 0.3) is 0 Å². The molecule has 0 bridgehead atoms. The third-order valence-corrected chi connectivity index (χ3v) is 6.32. The molecule has 0 aliphatic carbocycles. The Labute approximate surface area is 195 Å². The highest BCUT2D eigenvalue weighted by atomic mass is 32.2. The molecule has 0 aliphatic rings. The van der Waals surface area contributed by atoms with Gasteiger partial charge in [0.15, 0.2) is 0 Å². The summed E-state index contributed by atoms with van der Waals surface area (Å²) >= 11 is 0. The summed E-state index contributed by atoms with van der Waals surface area (Å²) in [6, 6.07) is 11.5. The van der Waals surface area contributed by atoms with Crippen LogP contribution in [0.4, 0.5) is 10.1 Å². The van der Waals surface area contributed by atoms with Gasteiger partial charge in [-0.05, 0) is 62.6 Å². The van der Waals surface area contributed by atoms with Crippen LogP contribution in [0.1, 0.15) is 38.8 Å². The number of nitrogens with one attached hydrogen (secondary N) is 1. The van der Waals surface area contributed by atoms with Gasteiger partial charge in [-0.2, -0.15) is 0 Å². The normalized spacial score (nSPS) is 12.3. The van der Waals surface area contributed by atoms with Crippen LogP contribution in [-0.2, 0) is 32.6 Å². The van der Waals surface area contributed by atoms with Crippen molar-refractivity contribution in [1.82, 2.24) is 10.2 Å². The Balaban J connectivity index is 2.36. The van der Waals surface area contributed by atoms with E-state index in [1.165, 1.54) is 29.2 Å². The molecule has 7 nitrogen and oxygen atoms in total. The topological polar surface area (TPSA) is 86.8 Å². The predicted octanol–water partition coefficient (Wildman–Crippen LogP) is 3.10. The molecule has 0 fully saturated rings. The number of nitrogens with zero attached hydrogens (tertiary/aromatic N) is 2. The summed E-state index contributed by atoms with van der Waals surface area (Å²) in [7, 11) is -3.77. The minimum absolute atomic E-state index is 0.0260. The van der Waals surface area contributed by atoms with Gasteiger partial charge in [0.1, 0.15) is 18.4 Å². The van der Waals surface area contributed by atoms with Crippen molar-refractivity contribution in [2.45, 2.75) is 52.7 Å². The lowest BCUT2D eigenvalue weighted by Crippen LogP contribution is -2.52. The zero-order chi connectivity index (χ0) is 24.8.